The summed E-state index contributed by atoms with van der Waals surface area (Å²) in [5, 5.41) is 3.77. The first-order valence-corrected chi connectivity index (χ1v) is 8.52. The summed E-state index contributed by atoms with van der Waals surface area (Å²) in [6.07, 6.45) is 0. The highest BCUT2D eigenvalue weighted by Gasteiger charge is 2.17. The monoisotopic (exact) mass is 301 g/mol. The number of hydrogen-bond acceptors (Lipinski definition) is 2. The molecule has 0 aliphatic rings. The molecule has 0 amide bonds. The molecule has 0 bridgehead atoms. The van der Waals surface area contributed by atoms with E-state index in [-0.39, 0.29) is 0 Å². The molecule has 0 aliphatic carbocycles. The Morgan fingerprint density at radius 2 is 1.43 bits per heavy atom. The van der Waals surface area contributed by atoms with E-state index in [1.165, 1.54) is 37.6 Å². The highest BCUT2D eigenvalue weighted by atomic mass is 32.1. The SMILES string of the molecule is Cc1cc(C)c(C(C)NC(C)c2cc(C)sc2C)c(C)c1. The first kappa shape index (κ1) is 16.3. The largest absolute Gasteiger partial charge is 0.304 e. The maximum absolute atomic E-state index is 3.77. The van der Waals surface area contributed by atoms with Gasteiger partial charge in [-0.15, -0.1) is 11.3 Å². The highest BCUT2D eigenvalue weighted by molar-refractivity contribution is 7.12. The molecule has 2 atom stereocenters. The van der Waals surface area contributed by atoms with Crippen LogP contribution in [0.4, 0.5) is 0 Å². The predicted molar refractivity (Wildman–Crippen MR) is 94.4 cm³/mol. The van der Waals surface area contributed by atoms with E-state index in [1.54, 1.807) is 0 Å². The topological polar surface area (TPSA) is 12.0 Å². The average Bonchev–Trinajstić information content (AvgIpc) is 2.66. The summed E-state index contributed by atoms with van der Waals surface area (Å²) in [4.78, 5) is 2.82. The smallest absolute Gasteiger partial charge is 0.0308 e. The van der Waals surface area contributed by atoms with Crippen LogP contribution in [0.1, 0.15) is 63.5 Å². The lowest BCUT2D eigenvalue weighted by atomic mass is 9.94. The van der Waals surface area contributed by atoms with Crippen molar-refractivity contribution < 1.29 is 0 Å². The second-order valence-electron chi connectivity index (χ2n) is 6.29. The Morgan fingerprint density at radius 3 is 1.90 bits per heavy atom. The van der Waals surface area contributed by atoms with Crippen LogP contribution in [-0.2, 0) is 0 Å². The van der Waals surface area contributed by atoms with Gasteiger partial charge in [-0.25, -0.2) is 0 Å². The molecular weight excluding hydrogens is 274 g/mol. The van der Waals surface area contributed by atoms with Crippen molar-refractivity contribution in [2.24, 2.45) is 0 Å². The van der Waals surface area contributed by atoms with Crippen LogP contribution in [-0.4, -0.2) is 0 Å². The highest BCUT2D eigenvalue weighted by Crippen LogP contribution is 2.30. The van der Waals surface area contributed by atoms with Crippen molar-refractivity contribution >= 4 is 11.3 Å². The number of hydrogen-bond donors (Lipinski definition) is 1. The van der Waals surface area contributed by atoms with E-state index in [9.17, 15) is 0 Å². The lowest BCUT2D eigenvalue weighted by Crippen LogP contribution is -2.24. The van der Waals surface area contributed by atoms with Crippen molar-refractivity contribution in [3.63, 3.8) is 0 Å². The van der Waals surface area contributed by atoms with Crippen molar-refractivity contribution in [2.75, 3.05) is 0 Å². The van der Waals surface area contributed by atoms with Gasteiger partial charge in [0.2, 0.25) is 0 Å². The van der Waals surface area contributed by atoms with Crippen LogP contribution in [0.15, 0.2) is 18.2 Å². The molecule has 0 radical (unpaired) electrons. The lowest BCUT2D eigenvalue weighted by Gasteiger charge is -2.24. The zero-order valence-electron chi connectivity index (χ0n) is 14.3. The molecule has 1 nitrogen and oxygen atoms in total. The Bertz CT molecular complexity index is 616. The van der Waals surface area contributed by atoms with Crippen LogP contribution in [0.25, 0.3) is 0 Å². The fourth-order valence-corrected chi connectivity index (χ4v) is 4.53. The minimum Gasteiger partial charge on any atom is -0.304 e. The van der Waals surface area contributed by atoms with Gasteiger partial charge in [-0.2, -0.15) is 0 Å². The van der Waals surface area contributed by atoms with Gasteiger partial charge in [-0.3, -0.25) is 0 Å². The molecule has 1 heterocycles. The molecule has 0 saturated carbocycles. The third kappa shape index (κ3) is 3.56. The molecule has 2 rings (SSSR count). The van der Waals surface area contributed by atoms with Crippen LogP contribution in [0.3, 0.4) is 0 Å². The van der Waals surface area contributed by atoms with Gasteiger partial charge < -0.3 is 5.32 Å². The van der Waals surface area contributed by atoms with Crippen LogP contribution in [0, 0.1) is 34.6 Å². The van der Waals surface area contributed by atoms with Crippen molar-refractivity contribution in [2.45, 2.75) is 60.5 Å². The molecule has 114 valence electrons. The maximum atomic E-state index is 3.77. The Morgan fingerprint density at radius 1 is 0.857 bits per heavy atom. The summed E-state index contributed by atoms with van der Waals surface area (Å²) in [7, 11) is 0. The van der Waals surface area contributed by atoms with Crippen LogP contribution < -0.4 is 5.32 Å². The normalized spacial score (nSPS) is 14.2. The van der Waals surface area contributed by atoms with E-state index in [4.69, 9.17) is 0 Å². The molecule has 1 N–H and O–H groups in total. The number of nitrogens with one attached hydrogen (secondary N) is 1. The first-order valence-electron chi connectivity index (χ1n) is 7.70. The number of thiophene rings is 1. The molecule has 0 spiro atoms. The maximum Gasteiger partial charge on any atom is 0.0308 e. The van der Waals surface area contributed by atoms with E-state index in [0.29, 0.717) is 12.1 Å². The number of aryl methyl sites for hydroxylation is 5. The van der Waals surface area contributed by atoms with Gasteiger partial charge in [-0.05, 0) is 76.8 Å². The molecule has 1 aromatic heterocycles. The standard InChI is InChI=1S/C19H27NS/c1-11-8-12(2)19(13(3)9-11)16(6)20-15(5)18-10-14(4)21-17(18)7/h8-10,15-16,20H,1-7H3. The molecule has 2 aromatic rings. The Hall–Kier alpha value is -1.12. The summed E-state index contributed by atoms with van der Waals surface area (Å²) in [5.74, 6) is 0. The summed E-state index contributed by atoms with van der Waals surface area (Å²) >= 11 is 1.89. The fraction of sp³-hybridized carbons (Fsp3) is 0.474. The van der Waals surface area contributed by atoms with E-state index in [2.05, 4.69) is 72.0 Å². The molecule has 0 aliphatic heterocycles. The average molecular weight is 301 g/mol. The second-order valence-corrected chi connectivity index (χ2v) is 7.75. The van der Waals surface area contributed by atoms with Crippen LogP contribution in [0.2, 0.25) is 0 Å². The van der Waals surface area contributed by atoms with E-state index in [0.717, 1.165) is 0 Å². The Balaban J connectivity index is 2.22. The number of benzene rings is 1. The summed E-state index contributed by atoms with van der Waals surface area (Å²) in [6.45, 7) is 15.6. The second kappa shape index (κ2) is 6.33. The number of rotatable bonds is 4. The molecule has 0 saturated heterocycles. The lowest BCUT2D eigenvalue weighted by molar-refractivity contribution is 0.491. The van der Waals surface area contributed by atoms with Crippen LogP contribution >= 0.6 is 11.3 Å². The molecule has 1 aromatic carbocycles. The summed E-state index contributed by atoms with van der Waals surface area (Å²) in [5.41, 5.74) is 7.00. The minimum atomic E-state index is 0.361. The van der Waals surface area contributed by atoms with E-state index < -0.39 is 0 Å². The molecule has 0 fully saturated rings. The van der Waals surface area contributed by atoms with E-state index >= 15 is 0 Å². The molecular formula is C19H27NS. The van der Waals surface area contributed by atoms with Gasteiger partial charge in [0.05, 0.1) is 0 Å². The fourth-order valence-electron chi connectivity index (χ4n) is 3.50. The summed E-state index contributed by atoms with van der Waals surface area (Å²) < 4.78 is 0. The third-order valence-electron chi connectivity index (χ3n) is 4.22. The van der Waals surface area contributed by atoms with Gasteiger partial charge >= 0.3 is 0 Å². The third-order valence-corrected chi connectivity index (χ3v) is 5.20. The molecule has 2 heteroatoms. The van der Waals surface area contributed by atoms with Crippen LogP contribution in [0.5, 0.6) is 0 Å². The predicted octanol–water partition coefficient (Wildman–Crippen LogP) is 5.70. The van der Waals surface area contributed by atoms with Gasteiger partial charge in [0.25, 0.3) is 0 Å². The quantitative estimate of drug-likeness (QED) is 0.763. The van der Waals surface area contributed by atoms with Crippen molar-refractivity contribution in [3.8, 4) is 0 Å². The van der Waals surface area contributed by atoms with Gasteiger partial charge in [0.15, 0.2) is 0 Å². The van der Waals surface area contributed by atoms with Crippen molar-refractivity contribution in [3.05, 3.63) is 55.8 Å². The van der Waals surface area contributed by atoms with Crippen molar-refractivity contribution in [1.82, 2.24) is 5.32 Å². The zero-order chi connectivity index (χ0) is 15.7. The van der Waals surface area contributed by atoms with Gasteiger partial charge in [0.1, 0.15) is 0 Å². The zero-order valence-corrected chi connectivity index (χ0v) is 15.1. The van der Waals surface area contributed by atoms with Gasteiger partial charge in [-0.1, -0.05) is 17.7 Å². The van der Waals surface area contributed by atoms with E-state index in [1.807, 2.05) is 11.3 Å². The minimum absolute atomic E-state index is 0.361. The van der Waals surface area contributed by atoms with Crippen molar-refractivity contribution in [1.29, 1.82) is 0 Å². The molecule has 2 unspecified atom stereocenters. The molecule has 21 heavy (non-hydrogen) atoms. The van der Waals surface area contributed by atoms with Gasteiger partial charge in [0, 0.05) is 21.8 Å². The Labute approximate surface area is 133 Å². The first-order chi connectivity index (χ1) is 9.79. The summed E-state index contributed by atoms with van der Waals surface area (Å²) in [6, 6.07) is 7.63. The Kier molecular flexibility index (Phi) is 4.90.